The molecule has 0 spiro atoms. The molecule has 8 heteroatoms. The molecule has 0 saturated carbocycles. The molecule has 2 aliphatic heterocycles. The van der Waals surface area contributed by atoms with Crippen molar-refractivity contribution in [1.82, 2.24) is 5.32 Å². The smallest absolute Gasteiger partial charge is 0.362 e. The third-order valence-corrected chi connectivity index (χ3v) is 4.03. The summed E-state index contributed by atoms with van der Waals surface area (Å²) in [6.07, 6.45) is 4.66. The van der Waals surface area contributed by atoms with E-state index in [0.717, 1.165) is 17.9 Å². The molecule has 4 N–H and O–H groups in total. The van der Waals surface area contributed by atoms with Crippen LogP contribution < -0.4 is 15.3 Å². The SMILES string of the molecule is O=C([O-])C1=CC(=CC[NH+]2CCC[C@H]2C(=O)O)C[C@@H](C(=O)O)N1. The van der Waals surface area contributed by atoms with Crippen LogP contribution in [0.25, 0.3) is 0 Å². The fourth-order valence-electron chi connectivity index (χ4n) is 2.89. The zero-order chi connectivity index (χ0) is 16.3. The van der Waals surface area contributed by atoms with E-state index in [2.05, 4.69) is 5.32 Å². The summed E-state index contributed by atoms with van der Waals surface area (Å²) >= 11 is 0. The number of hydrogen-bond acceptors (Lipinski definition) is 5. The van der Waals surface area contributed by atoms with Gasteiger partial charge in [0, 0.05) is 19.3 Å². The fraction of sp³-hybridized carbons (Fsp3) is 0.500. The highest BCUT2D eigenvalue weighted by molar-refractivity contribution is 5.87. The Morgan fingerprint density at radius 1 is 1.36 bits per heavy atom. The van der Waals surface area contributed by atoms with Gasteiger partial charge in [-0.2, -0.15) is 0 Å². The predicted octanol–water partition coefficient (Wildman–Crippen LogP) is -2.87. The van der Waals surface area contributed by atoms with Gasteiger partial charge >= 0.3 is 11.9 Å². The van der Waals surface area contributed by atoms with Gasteiger partial charge in [0.25, 0.3) is 0 Å². The molecule has 0 amide bonds. The molecule has 0 aromatic heterocycles. The summed E-state index contributed by atoms with van der Waals surface area (Å²) in [5.41, 5.74) is 0.296. The highest BCUT2D eigenvalue weighted by Gasteiger charge is 2.34. The van der Waals surface area contributed by atoms with Crippen molar-refractivity contribution in [2.45, 2.75) is 31.3 Å². The third kappa shape index (κ3) is 3.64. The Balaban J connectivity index is 2.11. The largest absolute Gasteiger partial charge is 0.543 e. The number of likely N-dealkylation sites (tertiary alicyclic amines) is 1. The molecule has 0 aromatic carbocycles. The Morgan fingerprint density at radius 3 is 2.68 bits per heavy atom. The maximum absolute atomic E-state index is 11.1. The minimum absolute atomic E-state index is 0.150. The van der Waals surface area contributed by atoms with Gasteiger partial charge in [-0.15, -0.1) is 0 Å². The van der Waals surface area contributed by atoms with Crippen LogP contribution in [0, 0.1) is 0 Å². The van der Waals surface area contributed by atoms with Crippen LogP contribution in [0.5, 0.6) is 0 Å². The number of allylic oxidation sites excluding steroid dienone is 1. The molecular weight excluding hydrogens is 292 g/mol. The molecule has 1 saturated heterocycles. The van der Waals surface area contributed by atoms with Crippen molar-refractivity contribution in [3.8, 4) is 0 Å². The standard InChI is InChI=1S/C14H18N2O6/c17-12(18)9-6-8(7-10(15-9)13(19)20)3-5-16-4-1-2-11(16)14(21)22/h3,6,10-11,15H,1-2,4-5,7H2,(H,17,18)(H,19,20)(H,21,22)/t10-,11-/m0/s1. The van der Waals surface area contributed by atoms with Gasteiger partial charge in [0.1, 0.15) is 6.04 Å². The number of carbonyl (C=O) groups excluding carboxylic acids is 1. The summed E-state index contributed by atoms with van der Waals surface area (Å²) in [6, 6.07) is -1.48. The molecule has 1 unspecified atom stereocenters. The van der Waals surface area contributed by atoms with Gasteiger partial charge in [0.05, 0.1) is 24.8 Å². The molecular formula is C14H18N2O6. The molecule has 22 heavy (non-hydrogen) atoms. The molecule has 1 fully saturated rings. The van der Waals surface area contributed by atoms with E-state index < -0.39 is 30.0 Å². The van der Waals surface area contributed by atoms with Gasteiger partial charge in [-0.3, -0.25) is 0 Å². The summed E-state index contributed by atoms with van der Waals surface area (Å²) in [5, 5.41) is 31.5. The van der Waals surface area contributed by atoms with Crippen LogP contribution in [0.4, 0.5) is 0 Å². The monoisotopic (exact) mass is 310 g/mol. The molecule has 3 atom stereocenters. The minimum atomic E-state index is -1.46. The van der Waals surface area contributed by atoms with E-state index in [0.29, 0.717) is 18.5 Å². The van der Waals surface area contributed by atoms with Gasteiger partial charge in [-0.1, -0.05) is 0 Å². The van der Waals surface area contributed by atoms with Crippen LogP contribution in [-0.2, 0) is 14.4 Å². The average Bonchev–Trinajstić information content (AvgIpc) is 2.93. The summed E-state index contributed by atoms with van der Waals surface area (Å²) in [6.45, 7) is 1.16. The Hall–Kier alpha value is -2.35. The zero-order valence-corrected chi connectivity index (χ0v) is 11.9. The molecule has 2 aliphatic rings. The first-order valence-corrected chi connectivity index (χ1v) is 7.07. The molecule has 120 valence electrons. The van der Waals surface area contributed by atoms with Gasteiger partial charge in [0.2, 0.25) is 0 Å². The quantitative estimate of drug-likeness (QED) is 0.429. The maximum Gasteiger partial charge on any atom is 0.362 e. The van der Waals surface area contributed by atoms with Crippen molar-refractivity contribution in [3.05, 3.63) is 23.4 Å². The first kappa shape index (κ1) is 16.0. The number of aliphatic carboxylic acids is 3. The van der Waals surface area contributed by atoms with Crippen LogP contribution in [0.3, 0.4) is 0 Å². The molecule has 0 aromatic rings. The lowest BCUT2D eigenvalue weighted by atomic mass is 10.00. The summed E-state index contributed by atoms with van der Waals surface area (Å²) < 4.78 is 0. The van der Waals surface area contributed by atoms with Crippen molar-refractivity contribution < 1.29 is 34.6 Å². The van der Waals surface area contributed by atoms with Crippen LogP contribution in [0.2, 0.25) is 0 Å². The van der Waals surface area contributed by atoms with Crippen LogP contribution in [-0.4, -0.2) is 53.3 Å². The van der Waals surface area contributed by atoms with E-state index in [9.17, 15) is 19.5 Å². The number of carbonyl (C=O) groups is 3. The van der Waals surface area contributed by atoms with Gasteiger partial charge < -0.3 is 30.3 Å². The van der Waals surface area contributed by atoms with Crippen molar-refractivity contribution in [3.63, 3.8) is 0 Å². The normalized spacial score (nSPS) is 29.7. The van der Waals surface area contributed by atoms with Gasteiger partial charge in [-0.05, 0) is 17.7 Å². The van der Waals surface area contributed by atoms with Crippen LogP contribution in [0.15, 0.2) is 23.4 Å². The highest BCUT2D eigenvalue weighted by atomic mass is 16.4. The number of hydrogen-bond donors (Lipinski definition) is 4. The molecule has 2 heterocycles. The van der Waals surface area contributed by atoms with E-state index in [1.807, 2.05) is 0 Å². The minimum Gasteiger partial charge on any atom is -0.543 e. The molecule has 0 aliphatic carbocycles. The highest BCUT2D eigenvalue weighted by Crippen LogP contribution is 2.16. The Morgan fingerprint density at radius 2 is 2.09 bits per heavy atom. The van der Waals surface area contributed by atoms with Crippen molar-refractivity contribution >= 4 is 17.9 Å². The number of carboxylic acid groups (broad SMARTS) is 3. The predicted molar refractivity (Wildman–Crippen MR) is 71.7 cm³/mol. The molecule has 8 nitrogen and oxygen atoms in total. The van der Waals surface area contributed by atoms with Crippen LogP contribution >= 0.6 is 0 Å². The lowest BCUT2D eigenvalue weighted by Gasteiger charge is -2.25. The summed E-state index contributed by atoms with van der Waals surface area (Å²) in [4.78, 5) is 34.0. The van der Waals surface area contributed by atoms with Crippen molar-refractivity contribution in [2.24, 2.45) is 0 Å². The zero-order valence-electron chi connectivity index (χ0n) is 11.9. The lowest BCUT2D eigenvalue weighted by Crippen LogP contribution is -3.14. The third-order valence-electron chi connectivity index (χ3n) is 4.03. The summed E-state index contributed by atoms with van der Waals surface area (Å²) in [7, 11) is 0. The van der Waals surface area contributed by atoms with E-state index in [4.69, 9.17) is 10.2 Å². The first-order chi connectivity index (χ1) is 10.4. The number of rotatable bonds is 5. The van der Waals surface area contributed by atoms with E-state index >= 15 is 0 Å². The number of carboxylic acids is 3. The van der Waals surface area contributed by atoms with Crippen LogP contribution in [0.1, 0.15) is 19.3 Å². The average molecular weight is 310 g/mol. The Kier molecular flexibility index (Phi) is 4.81. The summed E-state index contributed by atoms with van der Waals surface area (Å²) in [5.74, 6) is -3.45. The number of quaternary nitrogens is 1. The molecule has 2 rings (SSSR count). The lowest BCUT2D eigenvalue weighted by molar-refractivity contribution is -0.897. The van der Waals surface area contributed by atoms with Gasteiger partial charge in [0.15, 0.2) is 6.04 Å². The van der Waals surface area contributed by atoms with Crippen molar-refractivity contribution in [1.29, 1.82) is 0 Å². The first-order valence-electron chi connectivity index (χ1n) is 7.07. The Labute approximate surface area is 126 Å². The Bertz CT molecular complexity index is 554. The molecule has 0 radical (unpaired) electrons. The molecule has 0 bridgehead atoms. The fourth-order valence-corrected chi connectivity index (χ4v) is 2.89. The second-order valence-electron chi connectivity index (χ2n) is 5.51. The number of nitrogens with one attached hydrogen (secondary N) is 2. The van der Waals surface area contributed by atoms with E-state index in [1.165, 1.54) is 6.08 Å². The second kappa shape index (κ2) is 6.61. The van der Waals surface area contributed by atoms with E-state index in [-0.39, 0.29) is 12.1 Å². The maximum atomic E-state index is 11.1. The topological polar surface area (TPSA) is 131 Å². The van der Waals surface area contributed by atoms with Gasteiger partial charge in [-0.25, -0.2) is 9.59 Å². The van der Waals surface area contributed by atoms with E-state index in [1.54, 1.807) is 6.08 Å². The second-order valence-corrected chi connectivity index (χ2v) is 5.51. The van der Waals surface area contributed by atoms with Crippen molar-refractivity contribution in [2.75, 3.05) is 13.1 Å².